The fourth-order valence-corrected chi connectivity index (χ4v) is 6.03. The van der Waals surface area contributed by atoms with Crippen LogP contribution in [-0.4, -0.2) is 22.4 Å². The van der Waals surface area contributed by atoms with Gasteiger partial charge in [0.15, 0.2) is 0 Å². The van der Waals surface area contributed by atoms with E-state index in [0.29, 0.717) is 26.1 Å². The molecule has 3 aromatic carbocycles. The first-order chi connectivity index (χ1) is 17.4. The zero-order valence-electron chi connectivity index (χ0n) is 20.8. The van der Waals surface area contributed by atoms with Crippen molar-refractivity contribution in [1.82, 2.24) is 4.57 Å². The molecule has 1 aliphatic carbocycles. The summed E-state index contributed by atoms with van der Waals surface area (Å²) in [5, 5.41) is 11.4. The average molecular weight is 486 g/mol. The lowest BCUT2D eigenvalue weighted by molar-refractivity contribution is -0.120. The Hall–Kier alpha value is -3.15. The zero-order valence-corrected chi connectivity index (χ0v) is 20.8. The van der Waals surface area contributed by atoms with Crippen LogP contribution in [0.5, 0.6) is 5.75 Å². The van der Waals surface area contributed by atoms with Crippen molar-refractivity contribution in [3.05, 3.63) is 95.4 Å². The van der Waals surface area contributed by atoms with Crippen LogP contribution in [-0.2, 0) is 22.4 Å². The summed E-state index contributed by atoms with van der Waals surface area (Å²) in [4.78, 5) is 0. The Labute approximate surface area is 211 Å². The van der Waals surface area contributed by atoms with Crippen molar-refractivity contribution in [3.8, 4) is 11.4 Å². The molecule has 36 heavy (non-hydrogen) atoms. The minimum Gasteiger partial charge on any atom is -0.488 e. The summed E-state index contributed by atoms with van der Waals surface area (Å²) in [5.41, 5.74) is 4.63. The smallest absolute Gasteiger partial charge is 0.129 e. The number of rotatable bonds is 4. The number of hydrogen-bond donors (Lipinski definition) is 1. The lowest BCUT2D eigenvalue weighted by Gasteiger charge is -2.47. The second kappa shape index (κ2) is 8.75. The van der Waals surface area contributed by atoms with Crippen molar-refractivity contribution in [3.63, 3.8) is 0 Å². The molecular weight excluding hydrogens is 453 g/mol. The van der Waals surface area contributed by atoms with Gasteiger partial charge in [-0.05, 0) is 67.6 Å². The number of aliphatic hydroxyl groups is 1. The van der Waals surface area contributed by atoms with Gasteiger partial charge in [-0.1, -0.05) is 50.2 Å². The number of hydrogen-bond acceptors (Lipinski definition) is 3. The first-order valence-electron chi connectivity index (χ1n) is 12.8. The van der Waals surface area contributed by atoms with Crippen LogP contribution in [0.3, 0.4) is 0 Å². The van der Waals surface area contributed by atoms with Gasteiger partial charge in [0.1, 0.15) is 18.2 Å². The highest BCUT2D eigenvalue weighted by Gasteiger charge is 2.50. The predicted octanol–water partition coefficient (Wildman–Crippen LogP) is 6.79. The number of halogens is 1. The third kappa shape index (κ3) is 3.82. The van der Waals surface area contributed by atoms with E-state index in [0.717, 1.165) is 46.3 Å². The Morgan fingerprint density at radius 1 is 0.972 bits per heavy atom. The Bertz CT molecular complexity index is 1380. The predicted molar refractivity (Wildman–Crippen MR) is 139 cm³/mol. The molecule has 0 atom stereocenters. The Morgan fingerprint density at radius 3 is 2.42 bits per heavy atom. The molecule has 0 bridgehead atoms. The Balaban J connectivity index is 1.61. The van der Waals surface area contributed by atoms with Crippen LogP contribution >= 0.6 is 0 Å². The van der Waals surface area contributed by atoms with Gasteiger partial charge in [0.2, 0.25) is 0 Å². The molecule has 5 heteroatoms. The lowest BCUT2D eigenvalue weighted by Crippen LogP contribution is -2.46. The summed E-state index contributed by atoms with van der Waals surface area (Å²) < 4.78 is 29.4. The summed E-state index contributed by atoms with van der Waals surface area (Å²) in [6, 6.07) is 23.1. The van der Waals surface area contributed by atoms with Gasteiger partial charge in [-0.3, -0.25) is 0 Å². The number of aromatic nitrogens is 1. The molecule has 0 saturated heterocycles. The molecule has 0 unspecified atom stereocenters. The van der Waals surface area contributed by atoms with Crippen molar-refractivity contribution in [2.24, 2.45) is 0 Å². The maximum atomic E-state index is 13.9. The Kier molecular flexibility index (Phi) is 5.66. The average Bonchev–Trinajstić information content (AvgIpc) is 3.26. The Morgan fingerprint density at radius 2 is 1.69 bits per heavy atom. The molecule has 1 N–H and O–H groups in total. The number of fused-ring (bicyclic) bond motifs is 4. The number of ether oxygens (including phenoxy) is 2. The van der Waals surface area contributed by atoms with E-state index in [-0.39, 0.29) is 17.3 Å². The monoisotopic (exact) mass is 485 g/mol. The van der Waals surface area contributed by atoms with E-state index >= 15 is 0 Å². The van der Waals surface area contributed by atoms with Crippen LogP contribution in [0.1, 0.15) is 56.4 Å². The zero-order chi connectivity index (χ0) is 24.9. The van der Waals surface area contributed by atoms with Crippen molar-refractivity contribution in [1.29, 1.82) is 0 Å². The molecule has 1 spiro atoms. The summed E-state index contributed by atoms with van der Waals surface area (Å²) >= 11 is 0. The van der Waals surface area contributed by atoms with E-state index in [1.807, 2.05) is 42.5 Å². The van der Waals surface area contributed by atoms with Gasteiger partial charge in [0.05, 0.1) is 23.8 Å². The molecule has 2 heterocycles. The number of benzene rings is 3. The quantitative estimate of drug-likeness (QED) is 0.346. The highest BCUT2D eigenvalue weighted by atomic mass is 19.1. The van der Waals surface area contributed by atoms with E-state index in [4.69, 9.17) is 9.47 Å². The molecular formula is C31H32FNO3. The molecule has 6 rings (SSSR count). The molecule has 1 fully saturated rings. The summed E-state index contributed by atoms with van der Waals surface area (Å²) in [5.74, 6) is 0.566. The van der Waals surface area contributed by atoms with E-state index < -0.39 is 5.60 Å². The van der Waals surface area contributed by atoms with Gasteiger partial charge in [0, 0.05) is 27.7 Å². The maximum Gasteiger partial charge on any atom is 0.129 e. The third-order valence-corrected chi connectivity index (χ3v) is 7.85. The fourth-order valence-electron chi connectivity index (χ4n) is 6.03. The topological polar surface area (TPSA) is 43.6 Å². The summed E-state index contributed by atoms with van der Waals surface area (Å²) in [6.45, 7) is 5.46. The first kappa shape index (κ1) is 23.3. The molecule has 1 aliphatic heterocycles. The van der Waals surface area contributed by atoms with Gasteiger partial charge < -0.3 is 19.1 Å². The lowest BCUT2D eigenvalue weighted by atomic mass is 9.71. The van der Waals surface area contributed by atoms with E-state index in [9.17, 15) is 9.50 Å². The standard InChI is InChI=1S/C31H32FNO3/c1-30(2)20-36-31(17-15-24(34)16-18-31)28-27-25(33(29(28)30)23-13-11-22(32)12-14-23)9-6-10-26(27)35-19-21-7-4-3-5-8-21/h3-14,24,34H,15-20H2,1-2H3/t24-,31-. The molecule has 186 valence electrons. The maximum absolute atomic E-state index is 13.9. The normalized spacial score (nSPS) is 23.1. The third-order valence-electron chi connectivity index (χ3n) is 7.85. The van der Waals surface area contributed by atoms with Crippen LogP contribution in [0.4, 0.5) is 4.39 Å². The molecule has 4 nitrogen and oxygen atoms in total. The SMILES string of the molecule is CC1(C)CO[C@]2(CC[C@H](O)CC2)c2c1n(-c1ccc(F)cc1)c1cccc(OCc3ccccc3)c12. The second-order valence-corrected chi connectivity index (χ2v) is 10.9. The van der Waals surface area contributed by atoms with Crippen molar-refractivity contribution >= 4 is 10.9 Å². The van der Waals surface area contributed by atoms with Crippen LogP contribution in [0, 0.1) is 5.82 Å². The van der Waals surface area contributed by atoms with Gasteiger partial charge in [-0.2, -0.15) is 0 Å². The minimum atomic E-state index is -0.486. The van der Waals surface area contributed by atoms with Crippen LogP contribution in [0.2, 0.25) is 0 Å². The molecule has 4 aromatic rings. The molecule has 1 saturated carbocycles. The molecule has 2 aliphatic rings. The molecule has 0 amide bonds. The van der Waals surface area contributed by atoms with Crippen molar-refractivity contribution in [2.75, 3.05) is 6.61 Å². The first-order valence-corrected chi connectivity index (χ1v) is 12.8. The summed E-state index contributed by atoms with van der Waals surface area (Å²) in [6.07, 6.45) is 2.63. The van der Waals surface area contributed by atoms with Gasteiger partial charge in [-0.25, -0.2) is 4.39 Å². The molecule has 1 aromatic heterocycles. The fraction of sp³-hybridized carbons (Fsp3) is 0.355. The summed E-state index contributed by atoms with van der Waals surface area (Å²) in [7, 11) is 0. The van der Waals surface area contributed by atoms with Gasteiger partial charge >= 0.3 is 0 Å². The largest absolute Gasteiger partial charge is 0.488 e. The molecule has 0 radical (unpaired) electrons. The van der Waals surface area contributed by atoms with Crippen LogP contribution in [0.25, 0.3) is 16.6 Å². The van der Waals surface area contributed by atoms with Crippen molar-refractivity contribution < 1.29 is 19.0 Å². The van der Waals surface area contributed by atoms with Gasteiger partial charge in [0.25, 0.3) is 0 Å². The van der Waals surface area contributed by atoms with Crippen molar-refractivity contribution in [2.45, 2.75) is 63.3 Å². The highest BCUT2D eigenvalue weighted by Crippen LogP contribution is 2.54. The van der Waals surface area contributed by atoms with E-state index in [1.165, 1.54) is 17.8 Å². The van der Waals surface area contributed by atoms with E-state index in [1.54, 1.807) is 0 Å². The van der Waals surface area contributed by atoms with Gasteiger partial charge in [-0.15, -0.1) is 0 Å². The van der Waals surface area contributed by atoms with Crippen LogP contribution in [0.15, 0.2) is 72.8 Å². The minimum absolute atomic E-state index is 0.253. The number of nitrogens with zero attached hydrogens (tertiary/aromatic N) is 1. The number of aliphatic hydroxyl groups excluding tert-OH is 1. The second-order valence-electron chi connectivity index (χ2n) is 10.9. The van der Waals surface area contributed by atoms with Crippen LogP contribution < -0.4 is 4.74 Å². The highest BCUT2D eigenvalue weighted by molar-refractivity contribution is 5.94. The van der Waals surface area contributed by atoms with E-state index in [2.05, 4.69) is 36.6 Å².